The summed E-state index contributed by atoms with van der Waals surface area (Å²) in [6, 6.07) is 11.7. The number of hydrogen-bond acceptors (Lipinski definition) is 6. The predicted molar refractivity (Wildman–Crippen MR) is 97.8 cm³/mol. The van der Waals surface area contributed by atoms with Crippen LogP contribution in [0.15, 0.2) is 58.5 Å². The van der Waals surface area contributed by atoms with E-state index < -0.39 is 14.9 Å². The molecule has 0 aliphatic heterocycles. The molecule has 26 heavy (non-hydrogen) atoms. The molecule has 0 atom stereocenters. The van der Waals surface area contributed by atoms with E-state index in [0.29, 0.717) is 11.3 Å². The first-order valence-electron chi connectivity index (χ1n) is 7.65. The molecule has 0 aromatic heterocycles. The smallest absolute Gasteiger partial charge is 0.276 e. The van der Waals surface area contributed by atoms with Gasteiger partial charge in [-0.3, -0.25) is 10.1 Å². The van der Waals surface area contributed by atoms with Gasteiger partial charge in [0.15, 0.2) is 0 Å². The van der Waals surface area contributed by atoms with Crippen molar-refractivity contribution < 1.29 is 18.1 Å². The summed E-state index contributed by atoms with van der Waals surface area (Å²) in [5, 5.41) is 14.4. The molecule has 0 aliphatic rings. The molecule has 0 aliphatic carbocycles. The van der Waals surface area contributed by atoms with Crippen molar-refractivity contribution in [1.29, 1.82) is 0 Å². The van der Waals surface area contributed by atoms with Gasteiger partial charge in [-0.25, -0.2) is 4.83 Å². The molecule has 0 saturated carbocycles. The fraction of sp³-hybridized carbons (Fsp3) is 0.235. The Labute approximate surface area is 151 Å². The summed E-state index contributed by atoms with van der Waals surface area (Å²) < 4.78 is 30.0. The lowest BCUT2D eigenvalue weighted by Crippen LogP contribution is -2.22. The lowest BCUT2D eigenvalue weighted by molar-refractivity contribution is -0.385. The van der Waals surface area contributed by atoms with Gasteiger partial charge < -0.3 is 4.74 Å². The van der Waals surface area contributed by atoms with E-state index in [2.05, 4.69) is 5.10 Å². The van der Waals surface area contributed by atoms with Crippen molar-refractivity contribution in [3.63, 3.8) is 0 Å². The fourth-order valence-corrected chi connectivity index (χ4v) is 2.79. The van der Waals surface area contributed by atoms with Crippen molar-refractivity contribution in [2.24, 2.45) is 5.10 Å². The van der Waals surface area contributed by atoms with E-state index in [9.17, 15) is 18.5 Å². The third-order valence-electron chi connectivity index (χ3n) is 3.03. The minimum atomic E-state index is -4.00. The molecule has 0 amide bonds. The van der Waals surface area contributed by atoms with Crippen molar-refractivity contribution in [1.82, 2.24) is 4.83 Å². The molecule has 2 aromatic carbocycles. The quantitative estimate of drug-likeness (QED) is 0.472. The van der Waals surface area contributed by atoms with Crippen molar-refractivity contribution >= 4 is 21.9 Å². The molecule has 9 heteroatoms. The molecule has 2 aromatic rings. The van der Waals surface area contributed by atoms with Crippen LogP contribution in [0.4, 0.5) is 5.69 Å². The van der Waals surface area contributed by atoms with Gasteiger partial charge >= 0.3 is 0 Å². The number of non-ortho nitro benzene ring substituents is 1. The summed E-state index contributed by atoms with van der Waals surface area (Å²) >= 11 is 0. The second kappa shape index (κ2) is 7.52. The van der Waals surface area contributed by atoms with Crippen molar-refractivity contribution in [3.05, 3.63) is 64.2 Å². The van der Waals surface area contributed by atoms with Gasteiger partial charge in [0, 0.05) is 12.1 Å². The molecule has 138 valence electrons. The zero-order valence-corrected chi connectivity index (χ0v) is 15.4. The highest BCUT2D eigenvalue weighted by molar-refractivity contribution is 7.89. The number of hydrazone groups is 1. The van der Waals surface area contributed by atoms with E-state index in [-0.39, 0.29) is 16.2 Å². The third kappa shape index (κ3) is 5.55. The van der Waals surface area contributed by atoms with Crippen LogP contribution in [0, 0.1) is 10.1 Å². The first kappa shape index (κ1) is 19.4. The summed E-state index contributed by atoms with van der Waals surface area (Å²) in [4.78, 5) is 11.9. The average Bonchev–Trinajstić information content (AvgIpc) is 2.55. The van der Waals surface area contributed by atoms with Crippen LogP contribution >= 0.6 is 0 Å². The van der Waals surface area contributed by atoms with Gasteiger partial charge in [0.25, 0.3) is 15.7 Å². The SMILES string of the molecule is CC(C)(C)Oc1ccc(/C=N/NS(=O)(=O)c2cccc([N+](=O)[O-])c2)cc1. The predicted octanol–water partition coefficient (Wildman–Crippen LogP) is 3.08. The topological polar surface area (TPSA) is 111 Å². The molecule has 0 saturated heterocycles. The molecular weight excluding hydrogens is 358 g/mol. The fourth-order valence-electron chi connectivity index (χ4n) is 1.96. The summed E-state index contributed by atoms with van der Waals surface area (Å²) in [5.74, 6) is 0.687. The lowest BCUT2D eigenvalue weighted by Gasteiger charge is -2.21. The number of hydrogen-bond donors (Lipinski definition) is 1. The Morgan fingerprint density at radius 1 is 1.15 bits per heavy atom. The minimum Gasteiger partial charge on any atom is -0.488 e. The van der Waals surface area contributed by atoms with Crippen LogP contribution in [-0.4, -0.2) is 25.2 Å². The summed E-state index contributed by atoms with van der Waals surface area (Å²) in [7, 11) is -4.00. The zero-order chi connectivity index (χ0) is 19.4. The van der Waals surface area contributed by atoms with Crippen LogP contribution in [0.2, 0.25) is 0 Å². The Hall–Kier alpha value is -2.94. The Balaban J connectivity index is 2.07. The highest BCUT2D eigenvalue weighted by Crippen LogP contribution is 2.18. The molecule has 1 N–H and O–H groups in total. The number of benzene rings is 2. The highest BCUT2D eigenvalue weighted by atomic mass is 32.2. The number of nitrogens with zero attached hydrogens (tertiary/aromatic N) is 2. The molecule has 0 unspecified atom stereocenters. The van der Waals surface area contributed by atoms with Gasteiger partial charge in [0.05, 0.1) is 16.0 Å². The van der Waals surface area contributed by atoms with Crippen molar-refractivity contribution in [3.8, 4) is 5.75 Å². The Morgan fingerprint density at radius 2 is 1.81 bits per heavy atom. The number of nitro groups is 1. The molecule has 8 nitrogen and oxygen atoms in total. The summed E-state index contributed by atoms with van der Waals surface area (Å²) in [5.41, 5.74) is 0.0306. The van der Waals surface area contributed by atoms with Gasteiger partial charge in [0.2, 0.25) is 0 Å². The largest absolute Gasteiger partial charge is 0.488 e. The summed E-state index contributed by atoms with van der Waals surface area (Å²) in [6.07, 6.45) is 1.33. The van der Waals surface area contributed by atoms with E-state index in [1.807, 2.05) is 25.6 Å². The molecule has 0 fully saturated rings. The van der Waals surface area contributed by atoms with Gasteiger partial charge in [-0.1, -0.05) is 6.07 Å². The minimum absolute atomic E-state index is 0.238. The second-order valence-electron chi connectivity index (χ2n) is 6.39. The average molecular weight is 377 g/mol. The molecule has 0 bridgehead atoms. The van der Waals surface area contributed by atoms with Crippen LogP contribution in [0.25, 0.3) is 0 Å². The first-order chi connectivity index (χ1) is 12.1. The number of nitro benzene ring substituents is 1. The van der Waals surface area contributed by atoms with E-state index in [1.165, 1.54) is 24.4 Å². The molecular formula is C17H19N3O5S. The molecule has 2 rings (SSSR count). The highest BCUT2D eigenvalue weighted by Gasteiger charge is 2.16. The number of nitrogens with one attached hydrogen (secondary N) is 1. The third-order valence-corrected chi connectivity index (χ3v) is 4.25. The van der Waals surface area contributed by atoms with Crippen molar-refractivity contribution in [2.75, 3.05) is 0 Å². The van der Waals surface area contributed by atoms with Gasteiger partial charge in [-0.05, 0) is 56.7 Å². The zero-order valence-electron chi connectivity index (χ0n) is 14.5. The normalized spacial score (nSPS) is 12.1. The van der Waals surface area contributed by atoms with Crippen LogP contribution in [0.1, 0.15) is 26.3 Å². The molecule has 0 spiro atoms. The van der Waals surface area contributed by atoms with E-state index >= 15 is 0 Å². The molecule has 0 heterocycles. The first-order valence-corrected chi connectivity index (χ1v) is 9.13. The monoisotopic (exact) mass is 377 g/mol. The van der Waals surface area contributed by atoms with Gasteiger partial charge in [-0.2, -0.15) is 13.5 Å². The van der Waals surface area contributed by atoms with Crippen molar-refractivity contribution in [2.45, 2.75) is 31.3 Å². The maximum Gasteiger partial charge on any atom is 0.276 e. The van der Waals surface area contributed by atoms with Crippen LogP contribution in [-0.2, 0) is 10.0 Å². The van der Waals surface area contributed by atoms with Gasteiger partial charge in [-0.15, -0.1) is 0 Å². The number of ether oxygens (including phenoxy) is 1. The van der Waals surface area contributed by atoms with E-state index in [0.717, 1.165) is 6.07 Å². The van der Waals surface area contributed by atoms with E-state index in [4.69, 9.17) is 4.74 Å². The van der Waals surface area contributed by atoms with E-state index in [1.54, 1.807) is 24.3 Å². The second-order valence-corrected chi connectivity index (χ2v) is 8.05. The Kier molecular flexibility index (Phi) is 5.61. The van der Waals surface area contributed by atoms with Crippen LogP contribution < -0.4 is 9.57 Å². The number of rotatable bonds is 6. The summed E-state index contributed by atoms with van der Waals surface area (Å²) in [6.45, 7) is 5.81. The maximum absolute atomic E-state index is 12.1. The lowest BCUT2D eigenvalue weighted by atomic mass is 10.2. The Bertz CT molecular complexity index is 916. The van der Waals surface area contributed by atoms with Crippen LogP contribution in [0.5, 0.6) is 5.75 Å². The number of sulfonamides is 1. The Morgan fingerprint density at radius 3 is 2.38 bits per heavy atom. The standard InChI is InChI=1S/C17H19N3O5S/c1-17(2,3)25-15-9-7-13(8-10-15)12-18-19-26(23,24)16-6-4-5-14(11-16)20(21)22/h4-12,19H,1-3H3/b18-12+. The maximum atomic E-state index is 12.1. The van der Waals surface area contributed by atoms with Crippen LogP contribution in [0.3, 0.4) is 0 Å². The van der Waals surface area contributed by atoms with Gasteiger partial charge in [0.1, 0.15) is 11.4 Å². The molecule has 0 radical (unpaired) electrons.